The second-order valence-electron chi connectivity index (χ2n) is 5.94. The van der Waals surface area contributed by atoms with Crippen molar-refractivity contribution in [3.05, 3.63) is 87.8 Å². The quantitative estimate of drug-likeness (QED) is 0.454. The summed E-state index contributed by atoms with van der Waals surface area (Å²) in [7, 11) is 0. The number of fused-ring (bicyclic) bond motifs is 1. The van der Waals surface area contributed by atoms with Crippen molar-refractivity contribution in [2.75, 3.05) is 4.90 Å². The second kappa shape index (κ2) is 6.77. The third-order valence-electron chi connectivity index (χ3n) is 4.24. The van der Waals surface area contributed by atoms with E-state index in [0.29, 0.717) is 17.6 Å². The van der Waals surface area contributed by atoms with E-state index in [-0.39, 0.29) is 18.2 Å². The molecule has 5 heteroatoms. The molecule has 0 spiro atoms. The summed E-state index contributed by atoms with van der Waals surface area (Å²) in [6.45, 7) is 0.271. The lowest BCUT2D eigenvalue weighted by atomic mass is 10.0. The maximum absolute atomic E-state index is 13.1. The Labute approximate surface area is 158 Å². The van der Waals surface area contributed by atoms with Gasteiger partial charge in [0.05, 0.1) is 12.2 Å². The maximum Gasteiger partial charge on any atom is 0.259 e. The molecule has 4 rings (SSSR count). The average molecular weight is 408 g/mol. The first-order chi connectivity index (χ1) is 12.7. The van der Waals surface area contributed by atoms with Gasteiger partial charge in [0.2, 0.25) is 0 Å². The zero-order valence-corrected chi connectivity index (χ0v) is 15.3. The fraction of sp³-hybridized carbons (Fsp3) is 0.0476. The Morgan fingerprint density at radius 3 is 2.58 bits per heavy atom. The third kappa shape index (κ3) is 3.02. The molecule has 1 aromatic heterocycles. The molecular weight excluding hydrogens is 394 g/mol. The minimum absolute atomic E-state index is 0.0917. The highest BCUT2D eigenvalue weighted by molar-refractivity contribution is 9.10. The molecule has 0 unspecified atom stereocenters. The summed E-state index contributed by atoms with van der Waals surface area (Å²) in [6.07, 6.45) is 2.55. The molecule has 2 heterocycles. The number of carbonyl (C=O) groups excluding carboxylic acids is 2. The minimum atomic E-state index is -0.0917. The van der Waals surface area contributed by atoms with Crippen LogP contribution in [-0.4, -0.2) is 12.2 Å². The maximum atomic E-state index is 13.1. The number of amides is 1. The number of rotatable bonds is 4. The summed E-state index contributed by atoms with van der Waals surface area (Å²) in [5, 5.41) is 0. The zero-order valence-electron chi connectivity index (χ0n) is 13.7. The Morgan fingerprint density at radius 2 is 1.85 bits per heavy atom. The number of anilines is 1. The van der Waals surface area contributed by atoms with Crippen molar-refractivity contribution in [2.24, 2.45) is 0 Å². The summed E-state index contributed by atoms with van der Waals surface area (Å²) in [6, 6.07) is 18.8. The second-order valence-corrected chi connectivity index (χ2v) is 6.86. The van der Waals surface area contributed by atoms with Gasteiger partial charge in [-0.15, -0.1) is 0 Å². The Hall–Kier alpha value is -2.92. The van der Waals surface area contributed by atoms with Gasteiger partial charge in [0.25, 0.3) is 5.91 Å². The highest BCUT2D eigenvalue weighted by Gasteiger charge is 2.33. The number of hydrogen-bond donors (Lipinski definition) is 0. The molecule has 0 fully saturated rings. The van der Waals surface area contributed by atoms with Gasteiger partial charge in [-0.25, -0.2) is 0 Å². The number of hydrogen-bond acceptors (Lipinski definition) is 3. The molecule has 0 bridgehead atoms. The highest BCUT2D eigenvalue weighted by Crippen LogP contribution is 2.40. The monoisotopic (exact) mass is 407 g/mol. The zero-order chi connectivity index (χ0) is 18.1. The predicted octanol–water partition coefficient (Wildman–Crippen LogP) is 4.94. The van der Waals surface area contributed by atoms with E-state index in [1.54, 1.807) is 17.0 Å². The van der Waals surface area contributed by atoms with E-state index in [9.17, 15) is 9.59 Å². The molecule has 4 nitrogen and oxygen atoms in total. The molecular formula is C21H14BrNO3. The smallest absolute Gasteiger partial charge is 0.259 e. The summed E-state index contributed by atoms with van der Waals surface area (Å²) in [5.41, 5.74) is 3.29. The fourth-order valence-corrected chi connectivity index (χ4v) is 3.40. The van der Waals surface area contributed by atoms with Crippen molar-refractivity contribution in [3.63, 3.8) is 0 Å². The van der Waals surface area contributed by atoms with E-state index in [4.69, 9.17) is 4.42 Å². The Balaban J connectivity index is 1.76. The SMILES string of the molecule is O=Cc1ccc(CN2C(=O)/C(=C\c3ccccc3)c3cc(Br)ccc32)o1. The van der Waals surface area contributed by atoms with E-state index in [2.05, 4.69) is 15.9 Å². The van der Waals surface area contributed by atoms with Crippen molar-refractivity contribution < 1.29 is 14.0 Å². The fourth-order valence-electron chi connectivity index (χ4n) is 3.04. The first kappa shape index (κ1) is 16.5. The molecule has 0 saturated carbocycles. The molecule has 0 radical (unpaired) electrons. The van der Waals surface area contributed by atoms with Crippen LogP contribution in [0.2, 0.25) is 0 Å². The summed E-state index contributed by atoms with van der Waals surface area (Å²) in [5.74, 6) is 0.726. The van der Waals surface area contributed by atoms with E-state index >= 15 is 0 Å². The van der Waals surface area contributed by atoms with Gasteiger partial charge in [0.1, 0.15) is 5.76 Å². The standard InChI is InChI=1S/C21H14BrNO3/c22-15-6-9-20-18(11-15)19(10-14-4-2-1-3-5-14)21(25)23(20)12-16-7-8-17(13-24)26-16/h1-11,13H,12H2/b19-10-. The average Bonchev–Trinajstić information content (AvgIpc) is 3.21. The number of aldehydes is 1. The van der Waals surface area contributed by atoms with E-state index in [0.717, 1.165) is 21.3 Å². The normalized spacial score (nSPS) is 14.7. The van der Waals surface area contributed by atoms with E-state index in [1.807, 2.05) is 54.6 Å². The summed E-state index contributed by atoms with van der Waals surface area (Å²) < 4.78 is 6.35. The molecule has 0 saturated heterocycles. The largest absolute Gasteiger partial charge is 0.456 e. The number of halogens is 1. The van der Waals surface area contributed by atoms with Gasteiger partial charge in [0.15, 0.2) is 12.0 Å². The Bertz CT molecular complexity index is 1020. The first-order valence-corrected chi connectivity index (χ1v) is 8.87. The molecule has 26 heavy (non-hydrogen) atoms. The van der Waals surface area contributed by atoms with Gasteiger partial charge in [-0.1, -0.05) is 46.3 Å². The molecule has 0 aliphatic carbocycles. The van der Waals surface area contributed by atoms with Gasteiger partial charge < -0.3 is 9.32 Å². The van der Waals surface area contributed by atoms with Crippen LogP contribution in [-0.2, 0) is 11.3 Å². The Kier molecular flexibility index (Phi) is 4.31. The van der Waals surface area contributed by atoms with Crippen LogP contribution in [0.15, 0.2) is 69.6 Å². The molecule has 1 amide bonds. The van der Waals surface area contributed by atoms with Crippen molar-refractivity contribution in [1.29, 1.82) is 0 Å². The molecule has 3 aromatic rings. The first-order valence-electron chi connectivity index (χ1n) is 8.08. The van der Waals surface area contributed by atoms with Gasteiger partial charge >= 0.3 is 0 Å². The lowest BCUT2D eigenvalue weighted by Crippen LogP contribution is -2.25. The van der Waals surface area contributed by atoms with Crippen LogP contribution in [0.3, 0.4) is 0 Å². The lowest BCUT2D eigenvalue weighted by Gasteiger charge is -2.15. The van der Waals surface area contributed by atoms with Crippen LogP contribution >= 0.6 is 15.9 Å². The minimum Gasteiger partial charge on any atom is -0.456 e. The van der Waals surface area contributed by atoms with E-state index in [1.165, 1.54) is 0 Å². The van der Waals surface area contributed by atoms with Crippen molar-refractivity contribution in [1.82, 2.24) is 0 Å². The molecule has 1 aliphatic rings. The van der Waals surface area contributed by atoms with Crippen LogP contribution in [0, 0.1) is 0 Å². The van der Waals surface area contributed by atoms with Crippen molar-refractivity contribution >= 4 is 45.5 Å². The van der Waals surface area contributed by atoms with Gasteiger partial charge in [0, 0.05) is 15.6 Å². The number of nitrogens with zero attached hydrogens (tertiary/aromatic N) is 1. The topological polar surface area (TPSA) is 50.5 Å². The third-order valence-corrected chi connectivity index (χ3v) is 4.73. The van der Waals surface area contributed by atoms with Crippen molar-refractivity contribution in [3.8, 4) is 0 Å². The predicted molar refractivity (Wildman–Crippen MR) is 104 cm³/mol. The molecule has 1 aliphatic heterocycles. The molecule has 0 N–H and O–H groups in total. The number of carbonyl (C=O) groups is 2. The number of furan rings is 1. The Morgan fingerprint density at radius 1 is 1.04 bits per heavy atom. The van der Waals surface area contributed by atoms with Gasteiger partial charge in [-0.2, -0.15) is 0 Å². The van der Waals surface area contributed by atoms with Crippen LogP contribution < -0.4 is 4.90 Å². The van der Waals surface area contributed by atoms with Crippen molar-refractivity contribution in [2.45, 2.75) is 6.54 Å². The molecule has 128 valence electrons. The van der Waals surface area contributed by atoms with Gasteiger partial charge in [-0.3, -0.25) is 9.59 Å². The highest BCUT2D eigenvalue weighted by atomic mass is 79.9. The van der Waals surface area contributed by atoms with Crippen LogP contribution in [0.5, 0.6) is 0 Å². The van der Waals surface area contributed by atoms with E-state index < -0.39 is 0 Å². The molecule has 0 atom stereocenters. The number of benzene rings is 2. The lowest BCUT2D eigenvalue weighted by molar-refractivity contribution is -0.113. The van der Waals surface area contributed by atoms with Gasteiger partial charge in [-0.05, 0) is 42.0 Å². The van der Waals surface area contributed by atoms with Crippen LogP contribution in [0.1, 0.15) is 27.4 Å². The summed E-state index contributed by atoms with van der Waals surface area (Å²) in [4.78, 5) is 25.6. The summed E-state index contributed by atoms with van der Waals surface area (Å²) >= 11 is 3.48. The molecule has 2 aromatic carbocycles. The van der Waals surface area contributed by atoms with Crippen LogP contribution in [0.4, 0.5) is 5.69 Å². The van der Waals surface area contributed by atoms with Crippen LogP contribution in [0.25, 0.3) is 11.6 Å².